The van der Waals surface area contributed by atoms with Crippen LogP contribution in [0.15, 0.2) is 59.6 Å². The molecule has 3 aliphatic heterocycles. The van der Waals surface area contributed by atoms with Crippen molar-refractivity contribution in [3.05, 3.63) is 71.4 Å². The summed E-state index contributed by atoms with van der Waals surface area (Å²) in [7, 11) is 1.55. The van der Waals surface area contributed by atoms with Crippen LogP contribution in [0.5, 0.6) is 0 Å². The number of morpholine rings is 1. The zero-order valence-electron chi connectivity index (χ0n) is 20.2. The Morgan fingerprint density at radius 1 is 1.11 bits per heavy atom. The van der Waals surface area contributed by atoms with Crippen LogP contribution >= 0.6 is 11.9 Å². The number of imide groups is 1. The van der Waals surface area contributed by atoms with Gasteiger partial charge in [0, 0.05) is 48.8 Å². The van der Waals surface area contributed by atoms with Gasteiger partial charge in [-0.3, -0.25) is 19.7 Å². The molecule has 0 aromatic heterocycles. The highest BCUT2D eigenvalue weighted by Crippen LogP contribution is 2.34. The average Bonchev–Trinajstić information content (AvgIpc) is 3.28. The molecule has 3 N–H and O–H groups in total. The summed E-state index contributed by atoms with van der Waals surface area (Å²) in [6.07, 6.45) is 1.83. The number of carbonyl (C=O) groups is 4. The van der Waals surface area contributed by atoms with Crippen molar-refractivity contribution in [2.75, 3.05) is 33.4 Å². The largest absolute Gasteiger partial charge is 0.378 e. The Morgan fingerprint density at radius 3 is 2.54 bits per heavy atom. The van der Waals surface area contributed by atoms with E-state index < -0.39 is 24.0 Å². The van der Waals surface area contributed by atoms with E-state index in [1.165, 1.54) is 4.90 Å². The summed E-state index contributed by atoms with van der Waals surface area (Å²) in [5.74, 6) is -1.12. The Balaban J connectivity index is 1.36. The molecule has 2 saturated heterocycles. The molecule has 10 nitrogen and oxygen atoms in total. The van der Waals surface area contributed by atoms with Gasteiger partial charge < -0.3 is 24.6 Å². The molecular formula is C26H27N5O5S. The van der Waals surface area contributed by atoms with E-state index in [1.807, 2.05) is 36.5 Å². The Morgan fingerprint density at radius 2 is 1.84 bits per heavy atom. The van der Waals surface area contributed by atoms with Gasteiger partial charge in [0.2, 0.25) is 5.91 Å². The van der Waals surface area contributed by atoms with Crippen LogP contribution in [0.3, 0.4) is 0 Å². The van der Waals surface area contributed by atoms with E-state index in [1.54, 1.807) is 36.0 Å². The van der Waals surface area contributed by atoms with Crippen LogP contribution < -0.4 is 15.4 Å². The predicted octanol–water partition coefficient (Wildman–Crippen LogP) is 1.58. The van der Waals surface area contributed by atoms with E-state index in [9.17, 15) is 19.2 Å². The lowest BCUT2D eigenvalue weighted by molar-refractivity contribution is -0.136. The minimum atomic E-state index is -1.03. The fourth-order valence-electron chi connectivity index (χ4n) is 4.70. The van der Waals surface area contributed by atoms with Crippen molar-refractivity contribution in [2.45, 2.75) is 23.4 Å². The summed E-state index contributed by atoms with van der Waals surface area (Å²) >= 11 is 1.54. The highest BCUT2D eigenvalue weighted by atomic mass is 32.2. The van der Waals surface area contributed by atoms with Crippen molar-refractivity contribution in [3.63, 3.8) is 0 Å². The van der Waals surface area contributed by atoms with E-state index >= 15 is 0 Å². The van der Waals surface area contributed by atoms with Gasteiger partial charge in [-0.2, -0.15) is 0 Å². The Bertz CT molecular complexity index is 1260. The number of rotatable bonds is 6. The molecular weight excluding hydrogens is 494 g/mol. The lowest BCUT2D eigenvalue weighted by atomic mass is 9.97. The van der Waals surface area contributed by atoms with Crippen molar-refractivity contribution in [2.24, 2.45) is 0 Å². The summed E-state index contributed by atoms with van der Waals surface area (Å²) in [6, 6.07) is 12.8. The molecule has 2 aromatic carbocycles. The second-order valence-corrected chi connectivity index (χ2v) is 9.85. The van der Waals surface area contributed by atoms with Crippen LogP contribution in [0.2, 0.25) is 0 Å². The van der Waals surface area contributed by atoms with Gasteiger partial charge in [-0.25, -0.2) is 4.79 Å². The van der Waals surface area contributed by atoms with Crippen molar-refractivity contribution >= 4 is 41.3 Å². The molecule has 3 heterocycles. The maximum atomic E-state index is 13.5. The molecule has 2 unspecified atom stereocenters. The lowest BCUT2D eigenvalue weighted by Gasteiger charge is -2.34. The second-order valence-electron chi connectivity index (χ2n) is 8.97. The van der Waals surface area contributed by atoms with Crippen LogP contribution in [0.4, 0.5) is 4.79 Å². The number of hydrogen-bond donors (Lipinski definition) is 3. The number of ether oxygens (including phenoxy) is 1. The summed E-state index contributed by atoms with van der Waals surface area (Å²) < 4.78 is 8.52. The molecule has 0 spiro atoms. The van der Waals surface area contributed by atoms with Crippen LogP contribution in [-0.2, 0) is 14.3 Å². The quantitative estimate of drug-likeness (QED) is 0.390. The normalized spacial score (nSPS) is 19.6. The van der Waals surface area contributed by atoms with E-state index in [0.717, 1.165) is 21.6 Å². The van der Waals surface area contributed by atoms with Gasteiger partial charge in [0.15, 0.2) is 0 Å². The smallest absolute Gasteiger partial charge is 0.322 e. The third-order valence-electron chi connectivity index (χ3n) is 6.75. The zero-order chi connectivity index (χ0) is 25.9. The predicted molar refractivity (Wildman–Crippen MR) is 137 cm³/mol. The molecule has 0 aliphatic carbocycles. The zero-order valence-corrected chi connectivity index (χ0v) is 21.0. The SMILES string of the molecule is CN(C(=O)c1ccc(C2=CNSc3ccccc32)cc1)C(CC(=O)N1CCOCC1)C1NC(=O)NC1=O. The van der Waals surface area contributed by atoms with Gasteiger partial charge in [0.05, 0.1) is 19.3 Å². The first-order valence-electron chi connectivity index (χ1n) is 12.0. The number of nitrogens with zero attached hydrogens (tertiary/aromatic N) is 2. The summed E-state index contributed by atoms with van der Waals surface area (Å²) in [5.41, 5.74) is 3.47. The first-order valence-corrected chi connectivity index (χ1v) is 12.8. The monoisotopic (exact) mass is 521 g/mol. The Hall–Kier alpha value is -3.83. The minimum Gasteiger partial charge on any atom is -0.378 e. The summed E-state index contributed by atoms with van der Waals surface area (Å²) in [5, 5.41) is 4.76. The number of fused-ring (bicyclic) bond motifs is 1. The molecule has 3 aliphatic rings. The van der Waals surface area contributed by atoms with Gasteiger partial charge in [-0.05, 0) is 41.3 Å². The van der Waals surface area contributed by atoms with E-state index in [0.29, 0.717) is 31.9 Å². The average molecular weight is 522 g/mol. The third-order valence-corrected chi connectivity index (χ3v) is 7.56. The Kier molecular flexibility index (Phi) is 7.15. The van der Waals surface area contributed by atoms with Crippen LogP contribution in [0.1, 0.15) is 27.9 Å². The number of urea groups is 1. The molecule has 2 aromatic rings. The number of carbonyl (C=O) groups excluding carboxylic acids is 4. The van der Waals surface area contributed by atoms with Gasteiger partial charge in [0.25, 0.3) is 11.8 Å². The molecule has 0 radical (unpaired) electrons. The minimum absolute atomic E-state index is 0.105. The molecule has 0 saturated carbocycles. The number of likely N-dealkylation sites (N-methyl/N-ethyl adjacent to an activating group) is 1. The molecule has 11 heteroatoms. The van der Waals surface area contributed by atoms with E-state index in [-0.39, 0.29) is 18.2 Å². The lowest BCUT2D eigenvalue weighted by Crippen LogP contribution is -2.54. The van der Waals surface area contributed by atoms with Crippen LogP contribution in [-0.4, -0.2) is 79.0 Å². The number of hydrogen-bond acceptors (Lipinski definition) is 7. The molecule has 2 atom stereocenters. The molecule has 5 amide bonds. The molecule has 37 heavy (non-hydrogen) atoms. The van der Waals surface area contributed by atoms with Gasteiger partial charge in [0.1, 0.15) is 6.04 Å². The first kappa shape index (κ1) is 24.8. The maximum Gasteiger partial charge on any atom is 0.322 e. The summed E-state index contributed by atoms with van der Waals surface area (Å²) in [4.78, 5) is 54.9. The molecule has 0 bridgehead atoms. The highest BCUT2D eigenvalue weighted by molar-refractivity contribution is 7.97. The van der Waals surface area contributed by atoms with Gasteiger partial charge in [-0.1, -0.05) is 30.3 Å². The van der Waals surface area contributed by atoms with E-state index in [2.05, 4.69) is 21.4 Å². The third kappa shape index (κ3) is 5.18. The number of nitrogens with one attached hydrogen (secondary N) is 3. The molecule has 2 fully saturated rings. The first-order chi connectivity index (χ1) is 17.9. The summed E-state index contributed by atoms with van der Waals surface area (Å²) in [6.45, 7) is 1.76. The van der Waals surface area contributed by atoms with Crippen molar-refractivity contribution in [1.29, 1.82) is 0 Å². The van der Waals surface area contributed by atoms with Crippen molar-refractivity contribution < 1.29 is 23.9 Å². The van der Waals surface area contributed by atoms with Crippen molar-refractivity contribution in [3.8, 4) is 0 Å². The van der Waals surface area contributed by atoms with E-state index in [4.69, 9.17) is 4.74 Å². The standard InChI is InChI=1S/C26H27N5O5S/c1-30(20(23-24(33)29-26(35)28-23)14-22(32)31-10-12-36-13-11-31)25(34)17-8-6-16(7-9-17)19-15-27-37-21-5-3-2-4-18(19)21/h2-9,15,20,23,27H,10-14H2,1H3,(H2,28,29,33,35). The fraction of sp³-hybridized carbons (Fsp3) is 0.308. The number of benzene rings is 2. The van der Waals surface area contributed by atoms with Crippen LogP contribution in [0, 0.1) is 0 Å². The second kappa shape index (κ2) is 10.7. The topological polar surface area (TPSA) is 120 Å². The molecule has 192 valence electrons. The highest BCUT2D eigenvalue weighted by Gasteiger charge is 2.41. The maximum absolute atomic E-state index is 13.5. The molecule has 5 rings (SSSR count). The Labute approximate surface area is 218 Å². The van der Waals surface area contributed by atoms with Crippen LogP contribution in [0.25, 0.3) is 5.57 Å². The number of amides is 5. The van der Waals surface area contributed by atoms with Gasteiger partial charge >= 0.3 is 6.03 Å². The fourth-order valence-corrected chi connectivity index (χ4v) is 5.43. The van der Waals surface area contributed by atoms with Crippen molar-refractivity contribution in [1.82, 2.24) is 25.2 Å². The van der Waals surface area contributed by atoms with Gasteiger partial charge in [-0.15, -0.1) is 0 Å².